The molecule has 0 unspecified atom stereocenters. The monoisotopic (exact) mass is 391 g/mol. The van der Waals surface area contributed by atoms with Crippen LogP contribution in [0.3, 0.4) is 0 Å². The van der Waals surface area contributed by atoms with E-state index in [9.17, 15) is 9.59 Å². The van der Waals surface area contributed by atoms with E-state index in [2.05, 4.69) is 25.8 Å². The molecule has 2 aromatic carbocycles. The van der Waals surface area contributed by atoms with Crippen molar-refractivity contribution in [3.8, 4) is 0 Å². The summed E-state index contributed by atoms with van der Waals surface area (Å²) in [5.41, 5.74) is 2.88. The van der Waals surface area contributed by atoms with Crippen LogP contribution in [0.4, 0.5) is 0 Å². The number of carbonyl (C=O) groups is 2. The molecule has 1 aromatic heterocycles. The highest BCUT2D eigenvalue weighted by Gasteiger charge is 2.23. The third-order valence-corrected chi connectivity index (χ3v) is 4.56. The highest BCUT2D eigenvalue weighted by atomic mass is 16.2. The van der Waals surface area contributed by atoms with Crippen molar-refractivity contribution in [1.82, 2.24) is 25.8 Å². The molecule has 0 radical (unpaired) electrons. The fourth-order valence-electron chi connectivity index (χ4n) is 3.13. The smallest absolute Gasteiger partial charge is 0.223 e. The fourth-order valence-corrected chi connectivity index (χ4v) is 3.13. The summed E-state index contributed by atoms with van der Waals surface area (Å²) in [5, 5.41) is 12.9. The van der Waals surface area contributed by atoms with E-state index in [4.69, 9.17) is 0 Å². The Hall–Kier alpha value is -3.48. The number of aromatic amines is 1. The lowest BCUT2D eigenvalue weighted by molar-refractivity contribution is -0.123. The molecule has 0 aliphatic carbocycles. The number of aryl methyl sites for hydroxylation is 2. The van der Waals surface area contributed by atoms with Gasteiger partial charge in [0.25, 0.3) is 0 Å². The predicted molar refractivity (Wildman–Crippen MR) is 110 cm³/mol. The summed E-state index contributed by atoms with van der Waals surface area (Å²) in [7, 11) is 0. The molecule has 3 N–H and O–H groups in total. The average molecular weight is 391 g/mol. The Bertz CT molecular complexity index is 966. The number of nitrogens with one attached hydrogen (secondary N) is 3. The number of benzene rings is 2. The van der Waals surface area contributed by atoms with Crippen LogP contribution in [-0.2, 0) is 9.59 Å². The van der Waals surface area contributed by atoms with Gasteiger partial charge in [0, 0.05) is 6.92 Å². The zero-order valence-corrected chi connectivity index (χ0v) is 16.8. The molecule has 150 valence electrons. The summed E-state index contributed by atoms with van der Waals surface area (Å²) in [6.45, 7) is 5.25. The number of nitrogens with zero attached hydrogens (tertiary/aromatic N) is 2. The van der Waals surface area contributed by atoms with E-state index in [1.165, 1.54) is 6.92 Å². The topological polar surface area (TPSA) is 99.8 Å². The Morgan fingerprint density at radius 2 is 1.66 bits per heavy atom. The lowest BCUT2D eigenvalue weighted by Crippen LogP contribution is -2.35. The second-order valence-electron chi connectivity index (χ2n) is 7.06. The summed E-state index contributed by atoms with van der Waals surface area (Å²) in [5.74, 6) is 0.771. The van der Waals surface area contributed by atoms with Gasteiger partial charge in [0.05, 0.1) is 12.5 Å². The molecule has 1 heterocycles. The van der Waals surface area contributed by atoms with Crippen LogP contribution in [-0.4, -0.2) is 27.0 Å². The Morgan fingerprint density at radius 1 is 0.966 bits per heavy atom. The molecule has 7 heteroatoms. The standard InChI is InChI=1S/C22H25N5O2/c1-14-9-11-17(12-10-14)19(24-16(3)28)13-20(29)25-21(18-7-5-4-6-8-18)22-23-15(2)26-27-22/h4-12,19,21H,13H2,1-3H3,(H,24,28)(H,25,29)(H,23,26,27)/t19-,21-/m0/s1. The molecule has 29 heavy (non-hydrogen) atoms. The summed E-state index contributed by atoms with van der Waals surface area (Å²) >= 11 is 0. The maximum absolute atomic E-state index is 12.9. The molecule has 0 spiro atoms. The van der Waals surface area contributed by atoms with Crippen molar-refractivity contribution in [3.63, 3.8) is 0 Å². The summed E-state index contributed by atoms with van der Waals surface area (Å²) in [6, 6.07) is 16.4. The summed E-state index contributed by atoms with van der Waals surface area (Å²) < 4.78 is 0. The number of rotatable bonds is 7. The molecule has 2 atom stereocenters. The molecule has 0 aliphatic heterocycles. The van der Waals surface area contributed by atoms with Crippen LogP contribution >= 0.6 is 0 Å². The Labute approximate surface area is 170 Å². The van der Waals surface area contributed by atoms with Gasteiger partial charge in [-0.05, 0) is 25.0 Å². The Morgan fingerprint density at radius 3 is 2.24 bits per heavy atom. The van der Waals surface area contributed by atoms with E-state index in [-0.39, 0.29) is 18.2 Å². The maximum Gasteiger partial charge on any atom is 0.223 e. The Balaban J connectivity index is 1.80. The minimum Gasteiger partial charge on any atom is -0.349 e. The molecule has 7 nitrogen and oxygen atoms in total. The van der Waals surface area contributed by atoms with Gasteiger partial charge < -0.3 is 10.6 Å². The number of hydrogen-bond acceptors (Lipinski definition) is 4. The van der Waals surface area contributed by atoms with Gasteiger partial charge in [0.2, 0.25) is 11.8 Å². The van der Waals surface area contributed by atoms with Crippen molar-refractivity contribution in [1.29, 1.82) is 0 Å². The zero-order chi connectivity index (χ0) is 20.8. The predicted octanol–water partition coefficient (Wildman–Crippen LogP) is 2.89. The van der Waals surface area contributed by atoms with E-state index in [1.807, 2.05) is 68.4 Å². The maximum atomic E-state index is 12.9. The highest BCUT2D eigenvalue weighted by Crippen LogP contribution is 2.22. The highest BCUT2D eigenvalue weighted by molar-refractivity contribution is 5.79. The van der Waals surface area contributed by atoms with Crippen LogP contribution in [0, 0.1) is 13.8 Å². The van der Waals surface area contributed by atoms with Crippen LogP contribution in [0.15, 0.2) is 54.6 Å². The van der Waals surface area contributed by atoms with Gasteiger partial charge in [-0.15, -0.1) is 0 Å². The second-order valence-corrected chi connectivity index (χ2v) is 7.06. The molecule has 0 aliphatic rings. The first kappa shape index (κ1) is 20.3. The number of H-pyrrole nitrogens is 1. The van der Waals surface area contributed by atoms with E-state index < -0.39 is 12.1 Å². The molecule has 0 fully saturated rings. The van der Waals surface area contributed by atoms with Gasteiger partial charge in [-0.25, -0.2) is 4.98 Å². The fraction of sp³-hybridized carbons (Fsp3) is 0.273. The molecule has 0 saturated carbocycles. The van der Waals surface area contributed by atoms with Gasteiger partial charge >= 0.3 is 0 Å². The van der Waals surface area contributed by atoms with Gasteiger partial charge in [0.1, 0.15) is 11.9 Å². The lowest BCUT2D eigenvalue weighted by atomic mass is 10.0. The lowest BCUT2D eigenvalue weighted by Gasteiger charge is -2.21. The first-order chi connectivity index (χ1) is 13.9. The minimum atomic E-state index is -0.482. The van der Waals surface area contributed by atoms with Crippen LogP contribution < -0.4 is 10.6 Å². The normalized spacial score (nSPS) is 12.8. The van der Waals surface area contributed by atoms with Crippen LogP contribution in [0.5, 0.6) is 0 Å². The van der Waals surface area contributed by atoms with E-state index in [0.29, 0.717) is 11.6 Å². The molecule has 3 rings (SSSR count). The summed E-state index contributed by atoms with van der Waals surface area (Å²) in [4.78, 5) is 29.0. The van der Waals surface area contributed by atoms with E-state index in [0.717, 1.165) is 16.7 Å². The molecule has 0 bridgehead atoms. The molecule has 3 aromatic rings. The molecule has 0 saturated heterocycles. The first-order valence-corrected chi connectivity index (χ1v) is 9.49. The van der Waals surface area contributed by atoms with E-state index >= 15 is 0 Å². The average Bonchev–Trinajstić information content (AvgIpc) is 3.12. The quantitative estimate of drug-likeness (QED) is 0.577. The number of hydrogen-bond donors (Lipinski definition) is 3. The number of carbonyl (C=O) groups excluding carboxylic acids is 2. The number of aromatic nitrogens is 3. The van der Waals surface area contributed by atoms with Gasteiger partial charge in [-0.3, -0.25) is 14.7 Å². The van der Waals surface area contributed by atoms with Crippen LogP contribution in [0.25, 0.3) is 0 Å². The van der Waals surface area contributed by atoms with Crippen molar-refractivity contribution in [3.05, 3.63) is 82.9 Å². The zero-order valence-electron chi connectivity index (χ0n) is 16.8. The van der Waals surface area contributed by atoms with Gasteiger partial charge in [-0.1, -0.05) is 60.2 Å². The largest absolute Gasteiger partial charge is 0.349 e. The number of amides is 2. The van der Waals surface area contributed by atoms with Crippen molar-refractivity contribution in [2.45, 2.75) is 39.3 Å². The second kappa shape index (κ2) is 9.14. The SMILES string of the molecule is CC(=O)N[C@@H](CC(=O)N[C@@H](c1ccccc1)c1n[nH]c(C)n1)c1ccc(C)cc1. The van der Waals surface area contributed by atoms with Crippen molar-refractivity contribution >= 4 is 11.8 Å². The first-order valence-electron chi connectivity index (χ1n) is 9.49. The third kappa shape index (κ3) is 5.51. The summed E-state index contributed by atoms with van der Waals surface area (Å²) in [6.07, 6.45) is 0.107. The molecular formula is C22H25N5O2. The molecule has 2 amide bonds. The minimum absolute atomic E-state index is 0.107. The molecular weight excluding hydrogens is 366 g/mol. The van der Waals surface area contributed by atoms with Crippen molar-refractivity contribution in [2.75, 3.05) is 0 Å². The van der Waals surface area contributed by atoms with Gasteiger partial charge in [0.15, 0.2) is 5.82 Å². The van der Waals surface area contributed by atoms with Crippen molar-refractivity contribution in [2.24, 2.45) is 0 Å². The van der Waals surface area contributed by atoms with Crippen LogP contribution in [0.2, 0.25) is 0 Å². The van der Waals surface area contributed by atoms with Gasteiger partial charge in [-0.2, -0.15) is 5.10 Å². The third-order valence-electron chi connectivity index (χ3n) is 4.56. The Kier molecular flexibility index (Phi) is 6.39. The van der Waals surface area contributed by atoms with E-state index in [1.54, 1.807) is 0 Å². The van der Waals surface area contributed by atoms with Crippen molar-refractivity contribution < 1.29 is 9.59 Å². The van der Waals surface area contributed by atoms with Crippen LogP contribution in [0.1, 0.15) is 53.8 Å².